The van der Waals surface area contributed by atoms with Gasteiger partial charge in [-0.2, -0.15) is 0 Å². The predicted molar refractivity (Wildman–Crippen MR) is 103 cm³/mol. The summed E-state index contributed by atoms with van der Waals surface area (Å²) in [6, 6.07) is 15.3. The number of rotatable bonds is 5. The minimum atomic E-state index is 0. The maximum absolute atomic E-state index is 4.64. The summed E-state index contributed by atoms with van der Waals surface area (Å²) in [6.45, 7) is 3.23. The van der Waals surface area contributed by atoms with E-state index in [1.807, 2.05) is 24.4 Å². The fraction of sp³-hybridized carbons (Fsp3) is 0.421. The molecule has 1 saturated heterocycles. The Morgan fingerprint density at radius 1 is 1.04 bits per heavy atom. The van der Waals surface area contributed by atoms with Crippen molar-refractivity contribution in [2.75, 3.05) is 32.1 Å². The highest BCUT2D eigenvalue weighted by molar-refractivity contribution is 5.85. The van der Waals surface area contributed by atoms with Crippen molar-refractivity contribution >= 4 is 23.9 Å². The molecule has 130 valence electrons. The van der Waals surface area contributed by atoms with E-state index in [-0.39, 0.29) is 12.4 Å². The van der Waals surface area contributed by atoms with Gasteiger partial charge in [-0.1, -0.05) is 24.3 Å². The zero-order valence-corrected chi connectivity index (χ0v) is 15.3. The Labute approximate surface area is 151 Å². The van der Waals surface area contributed by atoms with Gasteiger partial charge in [0.15, 0.2) is 0 Å². The number of hydrogen-bond donors (Lipinski definition) is 1. The topological polar surface area (TPSA) is 31.4 Å². The van der Waals surface area contributed by atoms with E-state index < -0.39 is 0 Å². The molecule has 24 heavy (non-hydrogen) atoms. The SMILES string of the molecule is CN(c1ccccc1)c1ccc(CN(C)C2CCNCC2)cn1.Cl. The Hall–Kier alpha value is -1.62. The lowest BCUT2D eigenvalue weighted by atomic mass is 10.0. The molecule has 2 aromatic rings. The monoisotopic (exact) mass is 346 g/mol. The number of aromatic nitrogens is 1. The van der Waals surface area contributed by atoms with Crippen LogP contribution in [0.25, 0.3) is 0 Å². The van der Waals surface area contributed by atoms with Crippen LogP contribution < -0.4 is 10.2 Å². The number of anilines is 2. The van der Waals surface area contributed by atoms with Gasteiger partial charge >= 0.3 is 0 Å². The number of pyridine rings is 1. The molecule has 4 nitrogen and oxygen atoms in total. The summed E-state index contributed by atoms with van der Waals surface area (Å²) in [4.78, 5) is 9.21. The summed E-state index contributed by atoms with van der Waals surface area (Å²) in [5.74, 6) is 0.976. The van der Waals surface area contributed by atoms with E-state index in [0.717, 1.165) is 31.1 Å². The summed E-state index contributed by atoms with van der Waals surface area (Å²) in [5.41, 5.74) is 2.43. The molecule has 0 atom stereocenters. The lowest BCUT2D eigenvalue weighted by Crippen LogP contribution is -2.40. The standard InChI is InChI=1S/C19H26N4.ClH/c1-22(17-10-12-20-13-11-17)15-16-8-9-19(21-14-16)23(2)18-6-4-3-5-7-18;/h3-9,14,17,20H,10-13,15H2,1-2H3;1H. The van der Waals surface area contributed by atoms with Crippen LogP contribution in [0.1, 0.15) is 18.4 Å². The second-order valence-corrected chi connectivity index (χ2v) is 6.32. The molecule has 0 amide bonds. The van der Waals surface area contributed by atoms with E-state index in [4.69, 9.17) is 0 Å². The van der Waals surface area contributed by atoms with Crippen LogP contribution in [0.5, 0.6) is 0 Å². The third kappa shape index (κ3) is 4.69. The van der Waals surface area contributed by atoms with Gasteiger partial charge in [0.1, 0.15) is 5.82 Å². The highest BCUT2D eigenvalue weighted by Gasteiger charge is 2.17. The zero-order chi connectivity index (χ0) is 16.1. The summed E-state index contributed by atoms with van der Waals surface area (Å²) < 4.78 is 0. The number of hydrogen-bond acceptors (Lipinski definition) is 4. The van der Waals surface area contributed by atoms with Crippen molar-refractivity contribution in [3.05, 3.63) is 54.2 Å². The van der Waals surface area contributed by atoms with Gasteiger partial charge in [-0.3, -0.25) is 4.90 Å². The van der Waals surface area contributed by atoms with Crippen LogP contribution in [0.3, 0.4) is 0 Å². The Kier molecular flexibility index (Phi) is 7.03. The van der Waals surface area contributed by atoms with Crippen LogP contribution in [0.4, 0.5) is 11.5 Å². The highest BCUT2D eigenvalue weighted by atomic mass is 35.5. The smallest absolute Gasteiger partial charge is 0.132 e. The average molecular weight is 347 g/mol. The lowest BCUT2D eigenvalue weighted by molar-refractivity contribution is 0.191. The fourth-order valence-electron chi connectivity index (χ4n) is 3.16. The van der Waals surface area contributed by atoms with E-state index in [9.17, 15) is 0 Å². The molecule has 0 unspecified atom stereocenters. The molecular formula is C19H27ClN4. The maximum atomic E-state index is 4.64. The van der Waals surface area contributed by atoms with Crippen molar-refractivity contribution in [1.29, 1.82) is 0 Å². The third-order valence-electron chi connectivity index (χ3n) is 4.66. The van der Waals surface area contributed by atoms with Gasteiger partial charge in [0.05, 0.1) is 0 Å². The number of piperidine rings is 1. The normalized spacial score (nSPS) is 15.1. The lowest BCUT2D eigenvalue weighted by Gasteiger charge is -2.31. The Bertz CT molecular complexity index is 597. The molecular weight excluding hydrogens is 320 g/mol. The largest absolute Gasteiger partial charge is 0.329 e. The fourth-order valence-corrected chi connectivity index (χ4v) is 3.16. The van der Waals surface area contributed by atoms with Crippen molar-refractivity contribution < 1.29 is 0 Å². The molecule has 2 heterocycles. The van der Waals surface area contributed by atoms with Crippen LogP contribution in [0.2, 0.25) is 0 Å². The van der Waals surface area contributed by atoms with Gasteiger partial charge < -0.3 is 10.2 Å². The molecule has 0 radical (unpaired) electrons. The molecule has 1 aromatic heterocycles. The molecule has 5 heteroatoms. The van der Waals surface area contributed by atoms with Gasteiger partial charge in [-0.05, 0) is 56.7 Å². The molecule has 0 saturated carbocycles. The Morgan fingerprint density at radius 3 is 2.38 bits per heavy atom. The van der Waals surface area contributed by atoms with Crippen molar-refractivity contribution in [3.8, 4) is 0 Å². The zero-order valence-electron chi connectivity index (χ0n) is 14.5. The minimum Gasteiger partial charge on any atom is -0.329 e. The summed E-state index contributed by atoms with van der Waals surface area (Å²) in [7, 11) is 4.28. The number of nitrogens with zero attached hydrogens (tertiary/aromatic N) is 3. The van der Waals surface area contributed by atoms with E-state index in [0.29, 0.717) is 6.04 Å². The first kappa shape index (κ1) is 18.7. The first-order valence-corrected chi connectivity index (χ1v) is 8.39. The predicted octanol–water partition coefficient (Wildman–Crippen LogP) is 3.46. The van der Waals surface area contributed by atoms with Crippen molar-refractivity contribution in [2.24, 2.45) is 0 Å². The van der Waals surface area contributed by atoms with Crippen LogP contribution in [-0.4, -0.2) is 43.1 Å². The van der Waals surface area contributed by atoms with E-state index >= 15 is 0 Å². The van der Waals surface area contributed by atoms with Crippen molar-refractivity contribution in [1.82, 2.24) is 15.2 Å². The molecule has 1 aliphatic rings. The second kappa shape index (κ2) is 9.02. The molecule has 0 bridgehead atoms. The summed E-state index contributed by atoms with van der Waals surface area (Å²) in [6.07, 6.45) is 4.48. The maximum Gasteiger partial charge on any atom is 0.132 e. The Morgan fingerprint density at radius 2 is 1.75 bits per heavy atom. The van der Waals surface area contributed by atoms with Gasteiger partial charge in [-0.15, -0.1) is 12.4 Å². The first-order valence-electron chi connectivity index (χ1n) is 8.39. The number of nitrogens with one attached hydrogen (secondary N) is 1. The van der Waals surface area contributed by atoms with Crippen LogP contribution in [0.15, 0.2) is 48.7 Å². The molecule has 0 spiro atoms. The number of benzene rings is 1. The third-order valence-corrected chi connectivity index (χ3v) is 4.66. The average Bonchev–Trinajstić information content (AvgIpc) is 2.63. The number of para-hydroxylation sites is 1. The molecule has 3 rings (SSSR count). The minimum absolute atomic E-state index is 0. The Balaban J connectivity index is 0.00000208. The van der Waals surface area contributed by atoms with Crippen LogP contribution in [-0.2, 0) is 6.54 Å². The first-order chi connectivity index (χ1) is 11.2. The second-order valence-electron chi connectivity index (χ2n) is 6.32. The molecule has 1 fully saturated rings. The quantitative estimate of drug-likeness (QED) is 0.898. The molecule has 1 aliphatic heterocycles. The van der Waals surface area contributed by atoms with E-state index in [2.05, 4.69) is 58.5 Å². The summed E-state index contributed by atoms with van der Waals surface area (Å²) in [5, 5.41) is 3.42. The van der Waals surface area contributed by atoms with Gasteiger partial charge in [0.25, 0.3) is 0 Å². The highest BCUT2D eigenvalue weighted by Crippen LogP contribution is 2.21. The van der Waals surface area contributed by atoms with Crippen molar-refractivity contribution in [3.63, 3.8) is 0 Å². The van der Waals surface area contributed by atoms with Gasteiger partial charge in [-0.25, -0.2) is 4.98 Å². The van der Waals surface area contributed by atoms with Crippen LogP contribution in [0, 0.1) is 0 Å². The molecule has 1 aromatic carbocycles. The number of halogens is 1. The molecule has 0 aliphatic carbocycles. The molecule has 1 N–H and O–H groups in total. The van der Waals surface area contributed by atoms with Crippen molar-refractivity contribution in [2.45, 2.75) is 25.4 Å². The van der Waals surface area contributed by atoms with E-state index in [1.54, 1.807) is 0 Å². The van der Waals surface area contributed by atoms with E-state index in [1.165, 1.54) is 18.4 Å². The summed E-state index contributed by atoms with van der Waals surface area (Å²) >= 11 is 0. The van der Waals surface area contributed by atoms with Gasteiger partial charge in [0, 0.05) is 31.5 Å². The van der Waals surface area contributed by atoms with Crippen LogP contribution >= 0.6 is 12.4 Å². The van der Waals surface area contributed by atoms with Gasteiger partial charge in [0.2, 0.25) is 0 Å².